The van der Waals surface area contributed by atoms with Gasteiger partial charge in [0.25, 0.3) is 0 Å². The Morgan fingerprint density at radius 1 is 1.22 bits per heavy atom. The number of ether oxygens (including phenoxy) is 2. The van der Waals surface area contributed by atoms with Crippen molar-refractivity contribution in [3.05, 3.63) is 29.3 Å². The van der Waals surface area contributed by atoms with Crippen LogP contribution in [0.4, 0.5) is 5.13 Å². The van der Waals surface area contributed by atoms with Crippen LogP contribution >= 0.6 is 34.4 Å². The van der Waals surface area contributed by atoms with E-state index in [4.69, 9.17) is 15.2 Å². The molecular weight excluding hydrogens is 352 g/mol. The molecule has 6 nitrogen and oxygen atoms in total. The zero-order valence-corrected chi connectivity index (χ0v) is 14.9. The smallest absolute Gasteiger partial charge is 0.203 e. The highest BCUT2D eigenvalue weighted by molar-refractivity contribution is 8.00. The molecule has 0 bridgehead atoms. The van der Waals surface area contributed by atoms with E-state index in [-0.39, 0.29) is 0 Å². The second-order valence-corrected chi connectivity index (χ2v) is 7.47. The van der Waals surface area contributed by atoms with Gasteiger partial charge in [-0.1, -0.05) is 29.2 Å². The molecular formula is C14H14N4O2S3. The van der Waals surface area contributed by atoms with E-state index in [0.717, 1.165) is 26.4 Å². The van der Waals surface area contributed by atoms with Gasteiger partial charge in [0.05, 0.1) is 25.5 Å². The lowest BCUT2D eigenvalue weighted by Gasteiger charge is -2.10. The van der Waals surface area contributed by atoms with Crippen molar-refractivity contribution in [2.75, 3.05) is 20.0 Å². The molecule has 2 heterocycles. The number of thioether (sulfide) groups is 1. The van der Waals surface area contributed by atoms with E-state index in [1.54, 1.807) is 37.3 Å². The van der Waals surface area contributed by atoms with Gasteiger partial charge in [0.2, 0.25) is 5.13 Å². The van der Waals surface area contributed by atoms with Crippen LogP contribution in [0.3, 0.4) is 0 Å². The average Bonchev–Trinajstić information content (AvgIpc) is 3.20. The minimum Gasteiger partial charge on any atom is -0.493 e. The third-order valence-electron chi connectivity index (χ3n) is 2.95. The summed E-state index contributed by atoms with van der Waals surface area (Å²) in [5.41, 5.74) is 7.48. The highest BCUT2D eigenvalue weighted by atomic mass is 32.2. The predicted octanol–water partition coefficient (Wildman–Crippen LogP) is 3.55. The number of nitrogen functional groups attached to an aromatic ring is 1. The van der Waals surface area contributed by atoms with Crippen LogP contribution in [0.5, 0.6) is 11.5 Å². The van der Waals surface area contributed by atoms with Crippen molar-refractivity contribution in [1.29, 1.82) is 0 Å². The molecule has 0 fully saturated rings. The van der Waals surface area contributed by atoms with Gasteiger partial charge in [-0.3, -0.25) is 0 Å². The molecule has 0 aliphatic heterocycles. The minimum absolute atomic E-state index is 0.479. The van der Waals surface area contributed by atoms with Crippen molar-refractivity contribution in [2.45, 2.75) is 10.1 Å². The Morgan fingerprint density at radius 2 is 2.09 bits per heavy atom. The molecule has 3 rings (SSSR count). The molecule has 3 aromatic rings. The molecule has 0 aliphatic carbocycles. The van der Waals surface area contributed by atoms with E-state index in [0.29, 0.717) is 16.6 Å². The first-order chi connectivity index (χ1) is 11.2. The van der Waals surface area contributed by atoms with Crippen molar-refractivity contribution in [2.24, 2.45) is 0 Å². The molecule has 0 radical (unpaired) electrons. The van der Waals surface area contributed by atoms with Crippen LogP contribution < -0.4 is 15.2 Å². The molecule has 23 heavy (non-hydrogen) atoms. The summed E-state index contributed by atoms with van der Waals surface area (Å²) in [5.74, 6) is 2.11. The van der Waals surface area contributed by atoms with E-state index in [1.165, 1.54) is 11.3 Å². The zero-order chi connectivity index (χ0) is 16.2. The molecule has 0 unspecified atom stereocenters. The standard InChI is InChI=1S/C14H14N4O2S3/c1-19-10-5-3-4-9(11(10)20-2)12-16-8(6-21-12)7-22-14-18-17-13(15)23-14/h3-6H,7H2,1-2H3,(H2,15,17). The summed E-state index contributed by atoms with van der Waals surface area (Å²) in [4.78, 5) is 4.67. The van der Waals surface area contributed by atoms with Crippen LogP contribution in [0.15, 0.2) is 27.9 Å². The summed E-state index contributed by atoms with van der Waals surface area (Å²) in [6, 6.07) is 5.77. The van der Waals surface area contributed by atoms with Crippen LogP contribution in [0.1, 0.15) is 5.69 Å². The van der Waals surface area contributed by atoms with Crippen LogP contribution in [0, 0.1) is 0 Å². The number of methoxy groups -OCH3 is 2. The number of benzene rings is 1. The van der Waals surface area contributed by atoms with Gasteiger partial charge in [-0.25, -0.2) is 4.98 Å². The fourth-order valence-corrected chi connectivity index (χ4v) is 4.44. The number of nitrogens with zero attached hydrogens (tertiary/aromatic N) is 3. The van der Waals surface area contributed by atoms with Crippen molar-refractivity contribution < 1.29 is 9.47 Å². The normalized spacial score (nSPS) is 10.7. The van der Waals surface area contributed by atoms with E-state index in [1.807, 2.05) is 23.6 Å². The van der Waals surface area contributed by atoms with E-state index >= 15 is 0 Å². The highest BCUT2D eigenvalue weighted by Crippen LogP contribution is 2.39. The number of rotatable bonds is 6. The van der Waals surface area contributed by atoms with Gasteiger partial charge in [-0.2, -0.15) is 0 Å². The summed E-state index contributed by atoms with van der Waals surface area (Å²) in [6.45, 7) is 0. The number of thiazole rings is 1. The maximum Gasteiger partial charge on any atom is 0.203 e. The molecule has 0 aliphatic rings. The first-order valence-electron chi connectivity index (χ1n) is 6.58. The Morgan fingerprint density at radius 3 is 2.78 bits per heavy atom. The molecule has 0 saturated heterocycles. The van der Waals surface area contributed by atoms with Crippen molar-refractivity contribution in [1.82, 2.24) is 15.2 Å². The third kappa shape index (κ3) is 3.57. The van der Waals surface area contributed by atoms with E-state index in [2.05, 4.69) is 15.2 Å². The summed E-state index contributed by atoms with van der Waals surface area (Å²) in [6.07, 6.45) is 0. The lowest BCUT2D eigenvalue weighted by atomic mass is 10.2. The summed E-state index contributed by atoms with van der Waals surface area (Å²) in [7, 11) is 3.25. The van der Waals surface area contributed by atoms with Gasteiger partial charge in [-0.15, -0.1) is 21.5 Å². The predicted molar refractivity (Wildman–Crippen MR) is 94.5 cm³/mol. The quantitative estimate of drug-likeness (QED) is 0.668. The SMILES string of the molecule is COc1cccc(-c2nc(CSc3nnc(N)s3)cs2)c1OC. The van der Waals surface area contributed by atoms with Crippen molar-refractivity contribution in [3.8, 4) is 22.1 Å². The fourth-order valence-electron chi connectivity index (χ4n) is 1.97. The van der Waals surface area contributed by atoms with Gasteiger partial charge in [0.1, 0.15) is 5.01 Å². The van der Waals surface area contributed by atoms with Crippen molar-refractivity contribution >= 4 is 39.6 Å². The number of anilines is 1. The number of nitrogens with two attached hydrogens (primary N) is 1. The van der Waals surface area contributed by atoms with Crippen molar-refractivity contribution in [3.63, 3.8) is 0 Å². The number of hydrogen-bond acceptors (Lipinski definition) is 9. The van der Waals surface area contributed by atoms with Gasteiger partial charge < -0.3 is 15.2 Å². The zero-order valence-electron chi connectivity index (χ0n) is 12.5. The molecule has 0 atom stereocenters. The Hall–Kier alpha value is -1.84. The maximum absolute atomic E-state index is 5.58. The number of hydrogen-bond donors (Lipinski definition) is 1. The van der Waals surface area contributed by atoms with E-state index in [9.17, 15) is 0 Å². The second kappa shape index (κ2) is 7.16. The minimum atomic E-state index is 0.479. The Bertz CT molecular complexity index is 803. The lowest BCUT2D eigenvalue weighted by molar-refractivity contribution is 0.356. The molecule has 1 aromatic carbocycles. The molecule has 0 spiro atoms. The molecule has 2 N–H and O–H groups in total. The lowest BCUT2D eigenvalue weighted by Crippen LogP contribution is -1.93. The molecule has 9 heteroatoms. The topological polar surface area (TPSA) is 83.2 Å². The first kappa shape index (κ1) is 16.0. The maximum atomic E-state index is 5.58. The average molecular weight is 366 g/mol. The van der Waals surface area contributed by atoms with Crippen LogP contribution in [0.25, 0.3) is 10.6 Å². The van der Waals surface area contributed by atoms with Gasteiger partial charge in [-0.05, 0) is 12.1 Å². The Labute approximate surface area is 145 Å². The van der Waals surface area contributed by atoms with Crippen LogP contribution in [-0.2, 0) is 5.75 Å². The summed E-state index contributed by atoms with van der Waals surface area (Å²) >= 11 is 4.53. The van der Waals surface area contributed by atoms with Gasteiger partial charge in [0.15, 0.2) is 15.8 Å². The molecule has 2 aromatic heterocycles. The molecule has 0 saturated carbocycles. The van der Waals surface area contributed by atoms with E-state index < -0.39 is 0 Å². The highest BCUT2D eigenvalue weighted by Gasteiger charge is 2.15. The largest absolute Gasteiger partial charge is 0.493 e. The summed E-state index contributed by atoms with van der Waals surface area (Å²) in [5, 5.41) is 11.2. The van der Waals surface area contributed by atoms with Crippen LogP contribution in [-0.4, -0.2) is 29.4 Å². The molecule has 120 valence electrons. The summed E-state index contributed by atoms with van der Waals surface area (Å²) < 4.78 is 11.6. The van der Waals surface area contributed by atoms with Gasteiger partial charge in [0, 0.05) is 11.1 Å². The Balaban J connectivity index is 1.79. The Kier molecular flexibility index (Phi) is 4.99. The third-order valence-corrected chi connectivity index (χ3v) is 5.79. The number of para-hydroxylation sites is 1. The second-order valence-electron chi connectivity index (χ2n) is 4.38. The monoisotopic (exact) mass is 366 g/mol. The molecule has 0 amide bonds. The first-order valence-corrected chi connectivity index (χ1v) is 9.27. The number of aromatic nitrogens is 3. The van der Waals surface area contributed by atoms with Gasteiger partial charge >= 0.3 is 0 Å². The van der Waals surface area contributed by atoms with Crippen LogP contribution in [0.2, 0.25) is 0 Å². The fraction of sp³-hybridized carbons (Fsp3) is 0.214.